The fourth-order valence-electron chi connectivity index (χ4n) is 2.07. The van der Waals surface area contributed by atoms with Crippen LogP contribution in [0.1, 0.15) is 13.3 Å². The third-order valence-electron chi connectivity index (χ3n) is 3.05. The van der Waals surface area contributed by atoms with Crippen LogP contribution in [0.15, 0.2) is 0 Å². The molecule has 1 rings (SSSR count). The first kappa shape index (κ1) is 12.9. The zero-order valence-electron chi connectivity index (χ0n) is 10.1. The van der Waals surface area contributed by atoms with E-state index in [0.29, 0.717) is 13.2 Å². The first-order chi connectivity index (χ1) is 7.15. The molecule has 0 spiro atoms. The van der Waals surface area contributed by atoms with E-state index in [9.17, 15) is 5.11 Å². The van der Waals surface area contributed by atoms with Crippen LogP contribution in [0, 0.1) is 0 Å². The summed E-state index contributed by atoms with van der Waals surface area (Å²) >= 11 is 0. The van der Waals surface area contributed by atoms with Crippen molar-refractivity contribution < 1.29 is 9.84 Å². The first-order valence-corrected chi connectivity index (χ1v) is 5.79. The van der Waals surface area contributed by atoms with Gasteiger partial charge in [-0.25, -0.2) is 0 Å². The van der Waals surface area contributed by atoms with Gasteiger partial charge >= 0.3 is 0 Å². The summed E-state index contributed by atoms with van der Waals surface area (Å²) in [6.07, 6.45) is 0.792. The molecule has 2 unspecified atom stereocenters. The molecule has 4 heteroatoms. The number of hydrogen-bond acceptors (Lipinski definition) is 4. The minimum atomic E-state index is -0.379. The molecule has 1 saturated heterocycles. The standard InChI is InChI=1S/C11H24N2O2/c1-4-15-9-11(14)10-8-12(2)6-5-7-13(10)3/h10-11,14H,4-9H2,1-3H3. The summed E-state index contributed by atoms with van der Waals surface area (Å²) in [5, 5.41) is 10.0. The Bertz CT molecular complexity index is 178. The lowest BCUT2D eigenvalue weighted by Gasteiger charge is -2.31. The van der Waals surface area contributed by atoms with Crippen molar-refractivity contribution >= 4 is 0 Å². The van der Waals surface area contributed by atoms with Gasteiger partial charge in [0.2, 0.25) is 0 Å². The lowest BCUT2D eigenvalue weighted by molar-refractivity contribution is -0.0107. The average molecular weight is 216 g/mol. The predicted molar refractivity (Wildman–Crippen MR) is 61.0 cm³/mol. The SMILES string of the molecule is CCOCC(O)C1CN(C)CCCN1C. The molecule has 1 N–H and O–H groups in total. The van der Waals surface area contributed by atoms with Crippen molar-refractivity contribution in [2.75, 3.05) is 46.9 Å². The van der Waals surface area contributed by atoms with Crippen LogP contribution < -0.4 is 0 Å². The highest BCUT2D eigenvalue weighted by molar-refractivity contribution is 4.82. The van der Waals surface area contributed by atoms with Gasteiger partial charge in [0, 0.05) is 13.2 Å². The maximum absolute atomic E-state index is 10.0. The van der Waals surface area contributed by atoms with Gasteiger partial charge in [-0.1, -0.05) is 0 Å². The van der Waals surface area contributed by atoms with E-state index in [1.807, 2.05) is 6.92 Å². The second kappa shape index (κ2) is 6.43. The fraction of sp³-hybridized carbons (Fsp3) is 1.00. The summed E-state index contributed by atoms with van der Waals surface area (Å²) in [5.41, 5.74) is 0. The van der Waals surface area contributed by atoms with Gasteiger partial charge in [-0.2, -0.15) is 0 Å². The second-order valence-corrected chi connectivity index (χ2v) is 4.39. The Labute approximate surface area is 92.8 Å². The van der Waals surface area contributed by atoms with E-state index in [4.69, 9.17) is 4.74 Å². The van der Waals surface area contributed by atoms with Crippen molar-refractivity contribution in [1.82, 2.24) is 9.80 Å². The molecule has 0 aromatic rings. The Kier molecular flexibility index (Phi) is 5.53. The lowest BCUT2D eigenvalue weighted by atomic mass is 10.1. The van der Waals surface area contributed by atoms with E-state index in [1.165, 1.54) is 6.42 Å². The number of rotatable bonds is 4. The summed E-state index contributed by atoms with van der Waals surface area (Å²) in [4.78, 5) is 4.52. The van der Waals surface area contributed by atoms with E-state index in [2.05, 4.69) is 23.9 Å². The van der Waals surface area contributed by atoms with Gasteiger partial charge in [-0.15, -0.1) is 0 Å². The summed E-state index contributed by atoms with van der Waals surface area (Å²) in [6.45, 7) is 6.16. The van der Waals surface area contributed by atoms with E-state index in [0.717, 1.165) is 19.6 Å². The quantitative estimate of drug-likeness (QED) is 0.719. The van der Waals surface area contributed by atoms with E-state index in [1.54, 1.807) is 0 Å². The van der Waals surface area contributed by atoms with Crippen LogP contribution in [-0.2, 0) is 4.74 Å². The molecule has 0 aromatic carbocycles. The van der Waals surface area contributed by atoms with Gasteiger partial charge in [0.25, 0.3) is 0 Å². The maximum Gasteiger partial charge on any atom is 0.0940 e. The zero-order chi connectivity index (χ0) is 11.3. The Balaban J connectivity index is 2.47. The molecule has 1 heterocycles. The van der Waals surface area contributed by atoms with Crippen LogP contribution in [0.5, 0.6) is 0 Å². The van der Waals surface area contributed by atoms with E-state index >= 15 is 0 Å². The predicted octanol–water partition coefficient (Wildman–Crippen LogP) is 0.0197. The third-order valence-corrected chi connectivity index (χ3v) is 3.05. The van der Waals surface area contributed by atoms with Gasteiger partial charge in [-0.05, 0) is 40.5 Å². The molecule has 1 fully saturated rings. The Morgan fingerprint density at radius 2 is 2.13 bits per heavy atom. The Morgan fingerprint density at radius 1 is 1.40 bits per heavy atom. The molecular weight excluding hydrogens is 192 g/mol. The van der Waals surface area contributed by atoms with Crippen LogP contribution in [0.4, 0.5) is 0 Å². The van der Waals surface area contributed by atoms with Crippen LogP contribution in [0.2, 0.25) is 0 Å². The van der Waals surface area contributed by atoms with Gasteiger partial charge < -0.3 is 14.7 Å². The molecule has 0 aromatic heterocycles. The van der Waals surface area contributed by atoms with Crippen LogP contribution in [0.3, 0.4) is 0 Å². The molecule has 0 radical (unpaired) electrons. The third kappa shape index (κ3) is 4.07. The van der Waals surface area contributed by atoms with Crippen molar-refractivity contribution in [3.8, 4) is 0 Å². The van der Waals surface area contributed by atoms with Crippen LogP contribution >= 0.6 is 0 Å². The molecule has 90 valence electrons. The van der Waals surface area contributed by atoms with Gasteiger partial charge in [0.05, 0.1) is 18.8 Å². The average Bonchev–Trinajstić information content (AvgIpc) is 2.37. The highest BCUT2D eigenvalue weighted by atomic mass is 16.5. The molecule has 0 bridgehead atoms. The van der Waals surface area contributed by atoms with Crippen molar-refractivity contribution in [1.29, 1.82) is 0 Å². The summed E-state index contributed by atoms with van der Waals surface area (Å²) in [6, 6.07) is 0.198. The van der Waals surface area contributed by atoms with Crippen LogP contribution in [0.25, 0.3) is 0 Å². The first-order valence-electron chi connectivity index (χ1n) is 5.79. The van der Waals surface area contributed by atoms with E-state index < -0.39 is 0 Å². The van der Waals surface area contributed by atoms with Crippen molar-refractivity contribution in [3.05, 3.63) is 0 Å². The highest BCUT2D eigenvalue weighted by Crippen LogP contribution is 2.10. The minimum Gasteiger partial charge on any atom is -0.389 e. The molecule has 0 saturated carbocycles. The van der Waals surface area contributed by atoms with Crippen molar-refractivity contribution in [3.63, 3.8) is 0 Å². The molecule has 1 aliphatic rings. The summed E-state index contributed by atoms with van der Waals surface area (Å²) in [7, 11) is 4.19. The van der Waals surface area contributed by atoms with Gasteiger partial charge in [-0.3, -0.25) is 4.90 Å². The highest BCUT2D eigenvalue weighted by Gasteiger charge is 2.26. The molecule has 1 aliphatic heterocycles. The smallest absolute Gasteiger partial charge is 0.0940 e. The topological polar surface area (TPSA) is 35.9 Å². The lowest BCUT2D eigenvalue weighted by Crippen LogP contribution is -2.47. The van der Waals surface area contributed by atoms with E-state index in [-0.39, 0.29) is 12.1 Å². The number of aliphatic hydroxyl groups excluding tert-OH is 1. The molecule has 15 heavy (non-hydrogen) atoms. The number of nitrogens with zero attached hydrogens (tertiary/aromatic N) is 2. The number of likely N-dealkylation sites (N-methyl/N-ethyl adjacent to an activating group) is 2. The van der Waals surface area contributed by atoms with Gasteiger partial charge in [0.1, 0.15) is 0 Å². The largest absolute Gasteiger partial charge is 0.389 e. The van der Waals surface area contributed by atoms with Crippen LogP contribution in [-0.4, -0.2) is 74.0 Å². The number of hydrogen-bond donors (Lipinski definition) is 1. The second-order valence-electron chi connectivity index (χ2n) is 4.39. The van der Waals surface area contributed by atoms with Crippen molar-refractivity contribution in [2.24, 2.45) is 0 Å². The Morgan fingerprint density at radius 3 is 2.80 bits per heavy atom. The molecule has 0 amide bonds. The Hall–Kier alpha value is -0.160. The monoisotopic (exact) mass is 216 g/mol. The minimum absolute atomic E-state index is 0.198. The molecular formula is C11H24N2O2. The van der Waals surface area contributed by atoms with Gasteiger partial charge in [0.15, 0.2) is 0 Å². The number of aliphatic hydroxyl groups is 1. The normalized spacial score (nSPS) is 27.6. The number of ether oxygens (including phenoxy) is 1. The van der Waals surface area contributed by atoms with Crippen molar-refractivity contribution in [2.45, 2.75) is 25.5 Å². The summed E-state index contributed by atoms with van der Waals surface area (Å²) in [5.74, 6) is 0. The molecule has 0 aliphatic carbocycles. The fourth-order valence-corrected chi connectivity index (χ4v) is 2.07. The summed E-state index contributed by atoms with van der Waals surface area (Å²) < 4.78 is 5.28. The zero-order valence-corrected chi connectivity index (χ0v) is 10.1. The maximum atomic E-state index is 10.0. The molecule has 4 nitrogen and oxygen atoms in total. The molecule has 2 atom stereocenters.